The molecule has 2 rings (SSSR count). The van der Waals surface area contributed by atoms with Gasteiger partial charge < -0.3 is 5.73 Å². The summed E-state index contributed by atoms with van der Waals surface area (Å²) < 4.78 is 13.6. The molecule has 0 spiro atoms. The minimum absolute atomic E-state index is 0.182. The van der Waals surface area contributed by atoms with Crippen molar-refractivity contribution in [3.05, 3.63) is 34.6 Å². The fourth-order valence-corrected chi connectivity index (χ4v) is 3.05. The normalized spacial score (nSPS) is 25.3. The molecule has 1 fully saturated rings. The van der Waals surface area contributed by atoms with Crippen LogP contribution in [0.3, 0.4) is 0 Å². The summed E-state index contributed by atoms with van der Waals surface area (Å²) in [6.07, 6.45) is 2.28. The van der Waals surface area contributed by atoms with E-state index in [4.69, 9.17) is 17.3 Å². The molecule has 100 valence electrons. The molecule has 1 aromatic carbocycles. The van der Waals surface area contributed by atoms with Crippen molar-refractivity contribution in [1.29, 1.82) is 0 Å². The van der Waals surface area contributed by atoms with E-state index in [0.717, 1.165) is 25.1 Å². The van der Waals surface area contributed by atoms with E-state index >= 15 is 0 Å². The molecule has 18 heavy (non-hydrogen) atoms. The highest BCUT2D eigenvalue weighted by molar-refractivity contribution is 6.30. The Balaban J connectivity index is 2.32. The molecule has 2 unspecified atom stereocenters. The minimum Gasteiger partial charge on any atom is -0.330 e. The topological polar surface area (TPSA) is 29.3 Å². The molecule has 0 amide bonds. The number of benzene rings is 1. The van der Waals surface area contributed by atoms with Gasteiger partial charge in [0.25, 0.3) is 0 Å². The second kappa shape index (κ2) is 6.00. The number of halogens is 2. The molecule has 4 heteroatoms. The molecule has 1 aliphatic rings. The lowest BCUT2D eigenvalue weighted by atomic mass is 9.84. The number of hydrogen-bond donors (Lipinski definition) is 1. The molecule has 1 saturated heterocycles. The zero-order valence-corrected chi connectivity index (χ0v) is 11.5. The molecule has 0 aromatic heterocycles. The maximum atomic E-state index is 13.6. The van der Waals surface area contributed by atoms with Gasteiger partial charge in [-0.25, -0.2) is 4.39 Å². The van der Waals surface area contributed by atoms with E-state index in [1.807, 2.05) is 6.07 Å². The van der Waals surface area contributed by atoms with Crippen LogP contribution in [0.5, 0.6) is 0 Å². The summed E-state index contributed by atoms with van der Waals surface area (Å²) in [4.78, 5) is 2.38. The van der Waals surface area contributed by atoms with Crippen molar-refractivity contribution >= 4 is 11.6 Å². The Bertz CT molecular complexity index is 399. The van der Waals surface area contributed by atoms with Crippen molar-refractivity contribution < 1.29 is 4.39 Å². The molecule has 0 aliphatic carbocycles. The van der Waals surface area contributed by atoms with Crippen LogP contribution < -0.4 is 5.73 Å². The van der Waals surface area contributed by atoms with Crippen molar-refractivity contribution in [2.45, 2.75) is 25.8 Å². The third-order valence-electron chi connectivity index (χ3n) is 3.85. The third-order valence-corrected chi connectivity index (χ3v) is 4.16. The van der Waals surface area contributed by atoms with Crippen molar-refractivity contribution in [2.75, 3.05) is 19.6 Å². The summed E-state index contributed by atoms with van der Waals surface area (Å²) in [6, 6.07) is 5.35. The first-order valence-electron chi connectivity index (χ1n) is 6.56. The van der Waals surface area contributed by atoms with Crippen molar-refractivity contribution in [2.24, 2.45) is 11.7 Å². The van der Waals surface area contributed by atoms with Crippen LogP contribution in [-0.4, -0.2) is 24.5 Å². The van der Waals surface area contributed by atoms with Gasteiger partial charge >= 0.3 is 0 Å². The van der Waals surface area contributed by atoms with Crippen molar-refractivity contribution in [3.8, 4) is 0 Å². The SMILES string of the molecule is CCN1CCCC(CN)C1c1ccc(Cl)c(F)c1. The van der Waals surface area contributed by atoms with Crippen molar-refractivity contribution in [3.63, 3.8) is 0 Å². The Hall–Kier alpha value is -0.640. The Morgan fingerprint density at radius 2 is 2.28 bits per heavy atom. The first-order chi connectivity index (χ1) is 8.67. The molecule has 0 bridgehead atoms. The lowest BCUT2D eigenvalue weighted by Gasteiger charge is -2.41. The maximum Gasteiger partial charge on any atom is 0.142 e. The number of piperidine rings is 1. The van der Waals surface area contributed by atoms with Crippen LogP contribution in [0, 0.1) is 11.7 Å². The van der Waals surface area contributed by atoms with Gasteiger partial charge in [0, 0.05) is 6.04 Å². The highest BCUT2D eigenvalue weighted by atomic mass is 35.5. The summed E-state index contributed by atoms with van der Waals surface area (Å²) in [6.45, 7) is 4.80. The van der Waals surface area contributed by atoms with Gasteiger partial charge in [0.15, 0.2) is 0 Å². The van der Waals surface area contributed by atoms with E-state index in [0.29, 0.717) is 12.5 Å². The minimum atomic E-state index is -0.341. The maximum absolute atomic E-state index is 13.6. The number of nitrogens with two attached hydrogens (primary N) is 1. The van der Waals surface area contributed by atoms with E-state index < -0.39 is 0 Å². The summed E-state index contributed by atoms with van der Waals surface area (Å²) in [5.74, 6) is 0.0610. The fourth-order valence-electron chi connectivity index (χ4n) is 2.93. The molecule has 2 atom stereocenters. The van der Waals surface area contributed by atoms with Gasteiger partial charge in [-0.05, 0) is 56.1 Å². The molecule has 0 saturated carbocycles. The van der Waals surface area contributed by atoms with Crippen LogP contribution in [0.25, 0.3) is 0 Å². The number of hydrogen-bond acceptors (Lipinski definition) is 2. The highest BCUT2D eigenvalue weighted by Crippen LogP contribution is 2.36. The Morgan fingerprint density at radius 1 is 1.50 bits per heavy atom. The van der Waals surface area contributed by atoms with Gasteiger partial charge in [-0.3, -0.25) is 4.90 Å². The fraction of sp³-hybridized carbons (Fsp3) is 0.571. The highest BCUT2D eigenvalue weighted by Gasteiger charge is 2.31. The van der Waals surface area contributed by atoms with E-state index in [1.54, 1.807) is 12.1 Å². The Morgan fingerprint density at radius 3 is 2.89 bits per heavy atom. The predicted octanol–water partition coefficient (Wildman–Crippen LogP) is 3.21. The molecule has 0 radical (unpaired) electrons. The van der Waals surface area contributed by atoms with Gasteiger partial charge in [0.2, 0.25) is 0 Å². The average Bonchev–Trinajstić information content (AvgIpc) is 2.41. The standard InChI is InChI=1S/C14H20ClFN2/c1-2-18-7-3-4-11(9-17)14(18)10-5-6-12(15)13(16)8-10/h5-6,8,11,14H,2-4,7,9,17H2,1H3. The molecule has 2 nitrogen and oxygen atoms in total. The smallest absolute Gasteiger partial charge is 0.142 e. The lowest BCUT2D eigenvalue weighted by molar-refractivity contribution is 0.102. The first-order valence-corrected chi connectivity index (χ1v) is 6.94. The van der Waals surface area contributed by atoms with E-state index in [2.05, 4.69) is 11.8 Å². The van der Waals surface area contributed by atoms with Crippen LogP contribution >= 0.6 is 11.6 Å². The quantitative estimate of drug-likeness (QED) is 0.914. The van der Waals surface area contributed by atoms with Crippen LogP contribution in [-0.2, 0) is 0 Å². The first kappa shape index (κ1) is 13.8. The van der Waals surface area contributed by atoms with Crippen LogP contribution in [0.15, 0.2) is 18.2 Å². The second-order valence-corrected chi connectivity index (χ2v) is 5.29. The van der Waals surface area contributed by atoms with Gasteiger partial charge in [0.1, 0.15) is 5.82 Å². The zero-order chi connectivity index (χ0) is 13.1. The Labute approximate surface area is 113 Å². The Kier molecular flexibility index (Phi) is 4.60. The number of nitrogens with zero attached hydrogens (tertiary/aromatic N) is 1. The predicted molar refractivity (Wildman–Crippen MR) is 73.2 cm³/mol. The van der Waals surface area contributed by atoms with E-state index in [-0.39, 0.29) is 16.9 Å². The van der Waals surface area contributed by atoms with Crippen LogP contribution in [0.1, 0.15) is 31.4 Å². The second-order valence-electron chi connectivity index (χ2n) is 4.88. The average molecular weight is 271 g/mol. The van der Waals surface area contributed by atoms with Crippen molar-refractivity contribution in [1.82, 2.24) is 4.90 Å². The van der Waals surface area contributed by atoms with Crippen LogP contribution in [0.4, 0.5) is 4.39 Å². The summed E-state index contributed by atoms with van der Waals surface area (Å²) in [5, 5.41) is 0.182. The molecule has 1 heterocycles. The molecular weight excluding hydrogens is 251 g/mol. The van der Waals surface area contributed by atoms with Gasteiger partial charge in [0.05, 0.1) is 5.02 Å². The summed E-state index contributed by atoms with van der Waals surface area (Å²) in [7, 11) is 0. The van der Waals surface area contributed by atoms with E-state index in [1.165, 1.54) is 6.42 Å². The number of likely N-dealkylation sites (tertiary alicyclic amines) is 1. The monoisotopic (exact) mass is 270 g/mol. The summed E-state index contributed by atoms with van der Waals surface area (Å²) in [5.41, 5.74) is 6.86. The van der Waals surface area contributed by atoms with Gasteiger partial charge in [-0.15, -0.1) is 0 Å². The summed E-state index contributed by atoms with van der Waals surface area (Å²) >= 11 is 5.75. The van der Waals surface area contributed by atoms with Gasteiger partial charge in [-0.1, -0.05) is 24.6 Å². The zero-order valence-electron chi connectivity index (χ0n) is 10.7. The molecular formula is C14H20ClFN2. The lowest BCUT2D eigenvalue weighted by Crippen LogP contribution is -2.41. The van der Waals surface area contributed by atoms with Gasteiger partial charge in [-0.2, -0.15) is 0 Å². The van der Waals surface area contributed by atoms with Crippen LogP contribution in [0.2, 0.25) is 5.02 Å². The molecule has 1 aliphatic heterocycles. The third kappa shape index (κ3) is 2.68. The number of rotatable bonds is 3. The largest absolute Gasteiger partial charge is 0.330 e. The molecule has 1 aromatic rings. The molecule has 2 N–H and O–H groups in total. The van der Waals surface area contributed by atoms with E-state index in [9.17, 15) is 4.39 Å².